The van der Waals surface area contributed by atoms with Gasteiger partial charge in [0.05, 0.1) is 4.88 Å². The van der Waals surface area contributed by atoms with Crippen LogP contribution in [-0.4, -0.2) is 21.5 Å². The summed E-state index contributed by atoms with van der Waals surface area (Å²) in [6.45, 7) is 6.11. The second-order valence-electron chi connectivity index (χ2n) is 4.59. The Hall–Kier alpha value is -1.27. The van der Waals surface area contributed by atoms with E-state index in [4.69, 9.17) is 0 Å². The van der Waals surface area contributed by atoms with E-state index in [0.717, 1.165) is 0 Å². The van der Waals surface area contributed by atoms with Gasteiger partial charge in [-0.3, -0.25) is 4.79 Å². The van der Waals surface area contributed by atoms with Crippen LogP contribution >= 0.6 is 22.7 Å². The summed E-state index contributed by atoms with van der Waals surface area (Å²) in [7, 11) is 0. The van der Waals surface area contributed by atoms with Gasteiger partial charge in [0.1, 0.15) is 0 Å². The molecule has 90 valence electrons. The van der Waals surface area contributed by atoms with Crippen LogP contribution in [0.2, 0.25) is 0 Å². The van der Waals surface area contributed by atoms with Crippen LogP contribution in [0.4, 0.5) is 5.13 Å². The third kappa shape index (κ3) is 3.10. The molecule has 1 N–H and O–H groups in total. The lowest BCUT2D eigenvalue weighted by Gasteiger charge is -2.18. The van der Waals surface area contributed by atoms with Crippen LogP contribution in [0, 0.1) is 0 Å². The lowest BCUT2D eigenvalue weighted by molar-refractivity contribution is 0.104. The Balaban J connectivity index is 2.16. The average molecular weight is 267 g/mol. The minimum atomic E-state index is -0.0806. The Labute approximate surface area is 108 Å². The second kappa shape index (κ2) is 4.54. The summed E-state index contributed by atoms with van der Waals surface area (Å²) in [5.41, 5.74) is -0.0806. The number of carbonyl (C=O) groups excluding carboxylic acids is 1. The summed E-state index contributed by atoms with van der Waals surface area (Å²) in [4.78, 5) is 12.7. The highest BCUT2D eigenvalue weighted by Crippen LogP contribution is 2.23. The largest absolute Gasteiger partial charge is 0.355 e. The molecular formula is C11H13N3OS2. The van der Waals surface area contributed by atoms with E-state index in [2.05, 4.69) is 15.5 Å². The fourth-order valence-electron chi connectivity index (χ4n) is 1.20. The van der Waals surface area contributed by atoms with Crippen molar-refractivity contribution in [2.75, 3.05) is 5.32 Å². The first kappa shape index (κ1) is 12.2. The van der Waals surface area contributed by atoms with Crippen molar-refractivity contribution < 1.29 is 4.79 Å². The van der Waals surface area contributed by atoms with Crippen molar-refractivity contribution in [2.24, 2.45) is 0 Å². The van der Waals surface area contributed by atoms with Gasteiger partial charge in [0.25, 0.3) is 0 Å². The summed E-state index contributed by atoms with van der Waals surface area (Å²) in [6.07, 6.45) is 0. The summed E-state index contributed by atoms with van der Waals surface area (Å²) >= 11 is 2.71. The van der Waals surface area contributed by atoms with Crippen LogP contribution < -0.4 is 5.32 Å². The zero-order chi connectivity index (χ0) is 12.5. The van der Waals surface area contributed by atoms with Gasteiger partial charge in [0.15, 0.2) is 5.01 Å². The van der Waals surface area contributed by atoms with E-state index in [1.165, 1.54) is 22.7 Å². The predicted molar refractivity (Wildman–Crippen MR) is 71.0 cm³/mol. The first-order chi connectivity index (χ1) is 7.96. The van der Waals surface area contributed by atoms with Crippen molar-refractivity contribution in [2.45, 2.75) is 26.3 Å². The van der Waals surface area contributed by atoms with Gasteiger partial charge >= 0.3 is 0 Å². The summed E-state index contributed by atoms with van der Waals surface area (Å²) in [5.74, 6) is -0.0561. The molecule has 0 radical (unpaired) electrons. The first-order valence-electron chi connectivity index (χ1n) is 5.15. The maximum atomic E-state index is 12.0. The number of carbonyl (C=O) groups is 1. The minimum Gasteiger partial charge on any atom is -0.355 e. The normalized spacial score (nSPS) is 11.5. The van der Waals surface area contributed by atoms with Gasteiger partial charge < -0.3 is 5.32 Å². The molecule has 0 bridgehead atoms. The standard InChI is InChI=1S/C11H13N3OS2/c1-11(2,3)12-10-14-13-9(17-10)8(15)7-5-4-6-16-7/h4-6H,1-3H3,(H,12,14). The van der Waals surface area contributed by atoms with Crippen LogP contribution in [-0.2, 0) is 0 Å². The molecule has 0 unspecified atom stereocenters. The van der Waals surface area contributed by atoms with E-state index in [0.29, 0.717) is 15.0 Å². The molecule has 2 rings (SSSR count). The van der Waals surface area contributed by atoms with Gasteiger partial charge in [-0.15, -0.1) is 21.5 Å². The number of hydrogen-bond donors (Lipinski definition) is 1. The van der Waals surface area contributed by atoms with Crippen LogP contribution in [0.5, 0.6) is 0 Å². The number of rotatable bonds is 3. The third-order valence-corrected chi connectivity index (χ3v) is 3.55. The van der Waals surface area contributed by atoms with Crippen molar-refractivity contribution >= 4 is 33.6 Å². The SMILES string of the molecule is CC(C)(C)Nc1nnc(C(=O)c2cccs2)s1. The van der Waals surface area contributed by atoms with Gasteiger partial charge in [0.2, 0.25) is 10.9 Å². The number of anilines is 1. The molecule has 0 spiro atoms. The maximum absolute atomic E-state index is 12.0. The van der Waals surface area contributed by atoms with E-state index < -0.39 is 0 Å². The molecule has 0 aliphatic heterocycles. The van der Waals surface area contributed by atoms with Crippen LogP contribution in [0.3, 0.4) is 0 Å². The number of aromatic nitrogens is 2. The molecule has 0 fully saturated rings. The lowest BCUT2D eigenvalue weighted by Crippen LogP contribution is -2.25. The van der Waals surface area contributed by atoms with E-state index in [1.54, 1.807) is 6.07 Å². The summed E-state index contributed by atoms with van der Waals surface area (Å²) < 4.78 is 0. The first-order valence-corrected chi connectivity index (χ1v) is 6.85. The topological polar surface area (TPSA) is 54.9 Å². The zero-order valence-electron chi connectivity index (χ0n) is 9.85. The molecule has 6 heteroatoms. The predicted octanol–water partition coefficient (Wildman–Crippen LogP) is 3.04. The number of ketones is 1. The minimum absolute atomic E-state index is 0.0561. The average Bonchev–Trinajstić information content (AvgIpc) is 2.83. The Kier molecular flexibility index (Phi) is 3.26. The van der Waals surface area contributed by atoms with Gasteiger partial charge in [-0.2, -0.15) is 0 Å². The number of nitrogens with one attached hydrogen (secondary N) is 1. The Morgan fingerprint density at radius 2 is 2.12 bits per heavy atom. The highest BCUT2D eigenvalue weighted by Gasteiger charge is 2.18. The Morgan fingerprint density at radius 1 is 1.35 bits per heavy atom. The fourth-order valence-corrected chi connectivity index (χ4v) is 2.83. The highest BCUT2D eigenvalue weighted by molar-refractivity contribution is 7.18. The monoisotopic (exact) mass is 267 g/mol. The lowest BCUT2D eigenvalue weighted by atomic mass is 10.1. The molecule has 0 saturated heterocycles. The van der Waals surface area contributed by atoms with Gasteiger partial charge in [0, 0.05) is 5.54 Å². The summed E-state index contributed by atoms with van der Waals surface area (Å²) in [6, 6.07) is 3.65. The molecule has 0 aliphatic rings. The third-order valence-electron chi connectivity index (χ3n) is 1.85. The molecule has 4 nitrogen and oxygen atoms in total. The Bertz CT molecular complexity index is 511. The molecule has 2 aromatic rings. The van der Waals surface area contributed by atoms with Crippen molar-refractivity contribution in [1.29, 1.82) is 0 Å². The molecule has 2 aromatic heterocycles. The van der Waals surface area contributed by atoms with Gasteiger partial charge in [-0.1, -0.05) is 17.4 Å². The molecule has 17 heavy (non-hydrogen) atoms. The highest BCUT2D eigenvalue weighted by atomic mass is 32.1. The van der Waals surface area contributed by atoms with Crippen molar-refractivity contribution in [3.63, 3.8) is 0 Å². The molecular weight excluding hydrogens is 254 g/mol. The molecule has 0 atom stereocenters. The van der Waals surface area contributed by atoms with E-state index in [-0.39, 0.29) is 11.3 Å². The zero-order valence-corrected chi connectivity index (χ0v) is 11.5. The van der Waals surface area contributed by atoms with E-state index in [9.17, 15) is 4.79 Å². The molecule has 0 aromatic carbocycles. The quantitative estimate of drug-likeness (QED) is 0.868. The van der Waals surface area contributed by atoms with E-state index >= 15 is 0 Å². The van der Waals surface area contributed by atoms with Crippen molar-refractivity contribution in [3.8, 4) is 0 Å². The van der Waals surface area contributed by atoms with Crippen LogP contribution in [0.15, 0.2) is 17.5 Å². The number of hydrogen-bond acceptors (Lipinski definition) is 6. The molecule has 0 amide bonds. The Morgan fingerprint density at radius 3 is 2.71 bits per heavy atom. The maximum Gasteiger partial charge on any atom is 0.233 e. The number of thiophene rings is 1. The molecule has 0 aliphatic carbocycles. The van der Waals surface area contributed by atoms with Crippen molar-refractivity contribution in [1.82, 2.24) is 10.2 Å². The van der Waals surface area contributed by atoms with Crippen molar-refractivity contribution in [3.05, 3.63) is 27.4 Å². The van der Waals surface area contributed by atoms with Crippen LogP contribution in [0.1, 0.15) is 35.5 Å². The number of nitrogens with zero attached hydrogens (tertiary/aromatic N) is 2. The van der Waals surface area contributed by atoms with Gasteiger partial charge in [-0.25, -0.2) is 0 Å². The van der Waals surface area contributed by atoms with Crippen LogP contribution in [0.25, 0.3) is 0 Å². The van der Waals surface area contributed by atoms with Gasteiger partial charge in [-0.05, 0) is 32.2 Å². The second-order valence-corrected chi connectivity index (χ2v) is 6.52. The fraction of sp³-hybridized carbons (Fsp3) is 0.364. The summed E-state index contributed by atoms with van der Waals surface area (Å²) in [5, 5.41) is 14.1. The smallest absolute Gasteiger partial charge is 0.233 e. The molecule has 0 saturated carbocycles. The molecule has 2 heterocycles. The van der Waals surface area contributed by atoms with E-state index in [1.807, 2.05) is 32.2 Å².